The highest BCUT2D eigenvalue weighted by Gasteiger charge is 2.01. The second-order valence-corrected chi connectivity index (χ2v) is 2.94. The summed E-state index contributed by atoms with van der Waals surface area (Å²) in [7, 11) is 0. The topological polar surface area (TPSA) is 115 Å². The fourth-order valence-electron chi connectivity index (χ4n) is 0.660. The standard InChI is InChI=1S/C6H14O2.C3H4O4/c1-2-3-4-6(8)5-7;4-2(5)1-3(6)7/h6-8H,2-5H2,1H3;1H2,(H,4,5)(H,6,7). The molecule has 0 spiro atoms. The van der Waals surface area contributed by atoms with E-state index in [1.165, 1.54) is 0 Å². The van der Waals surface area contributed by atoms with Gasteiger partial charge in [-0.2, -0.15) is 0 Å². The zero-order valence-electron chi connectivity index (χ0n) is 8.72. The lowest BCUT2D eigenvalue weighted by Crippen LogP contribution is -2.10. The van der Waals surface area contributed by atoms with Crippen LogP contribution in [0.1, 0.15) is 32.6 Å². The van der Waals surface area contributed by atoms with Gasteiger partial charge in [-0.05, 0) is 6.42 Å². The van der Waals surface area contributed by atoms with Crippen LogP contribution in [0.15, 0.2) is 0 Å². The van der Waals surface area contributed by atoms with Crippen LogP contribution in [0.25, 0.3) is 0 Å². The van der Waals surface area contributed by atoms with E-state index in [9.17, 15) is 9.59 Å². The molecule has 0 aliphatic rings. The van der Waals surface area contributed by atoms with Crippen molar-refractivity contribution >= 4 is 11.9 Å². The minimum Gasteiger partial charge on any atom is -0.481 e. The van der Waals surface area contributed by atoms with Gasteiger partial charge in [0.2, 0.25) is 0 Å². The lowest BCUT2D eigenvalue weighted by molar-refractivity contribution is -0.147. The first-order valence-corrected chi connectivity index (χ1v) is 4.66. The first kappa shape index (κ1) is 16.3. The molecule has 6 nitrogen and oxygen atoms in total. The van der Waals surface area contributed by atoms with Gasteiger partial charge in [0.05, 0.1) is 12.7 Å². The molecule has 4 N–H and O–H groups in total. The van der Waals surface area contributed by atoms with Crippen LogP contribution in [0.5, 0.6) is 0 Å². The maximum absolute atomic E-state index is 9.43. The fraction of sp³-hybridized carbons (Fsp3) is 0.778. The molecular weight excluding hydrogens is 204 g/mol. The molecule has 0 heterocycles. The molecule has 1 atom stereocenters. The number of hydrogen-bond acceptors (Lipinski definition) is 4. The van der Waals surface area contributed by atoms with Crippen LogP contribution in [-0.4, -0.2) is 45.1 Å². The van der Waals surface area contributed by atoms with Crippen LogP contribution in [0.2, 0.25) is 0 Å². The van der Waals surface area contributed by atoms with Crippen molar-refractivity contribution in [2.24, 2.45) is 0 Å². The Hall–Kier alpha value is -1.14. The predicted octanol–water partition coefficient (Wildman–Crippen LogP) is 0.0755. The lowest BCUT2D eigenvalue weighted by atomic mass is 10.2. The smallest absolute Gasteiger partial charge is 0.314 e. The molecule has 0 aliphatic carbocycles. The SMILES string of the molecule is CCCCC(O)CO.O=C(O)CC(=O)O. The Morgan fingerprint density at radius 3 is 1.87 bits per heavy atom. The van der Waals surface area contributed by atoms with E-state index in [1.807, 2.05) is 0 Å². The molecule has 0 radical (unpaired) electrons. The molecule has 15 heavy (non-hydrogen) atoms. The fourth-order valence-corrected chi connectivity index (χ4v) is 0.660. The summed E-state index contributed by atoms with van der Waals surface area (Å²) in [6.45, 7) is 1.96. The van der Waals surface area contributed by atoms with Crippen molar-refractivity contribution in [2.45, 2.75) is 38.7 Å². The third-order valence-electron chi connectivity index (χ3n) is 1.40. The number of aliphatic carboxylic acids is 2. The molecule has 0 aliphatic heterocycles. The van der Waals surface area contributed by atoms with Crippen molar-refractivity contribution in [3.63, 3.8) is 0 Å². The quantitative estimate of drug-likeness (QED) is 0.473. The highest BCUT2D eigenvalue weighted by molar-refractivity contribution is 5.88. The summed E-state index contributed by atoms with van der Waals surface area (Å²) in [6.07, 6.45) is 1.51. The van der Waals surface area contributed by atoms with Crippen molar-refractivity contribution in [1.29, 1.82) is 0 Å². The summed E-state index contributed by atoms with van der Waals surface area (Å²) < 4.78 is 0. The van der Waals surface area contributed by atoms with Crippen LogP contribution in [0.3, 0.4) is 0 Å². The number of hydrogen-bond donors (Lipinski definition) is 4. The second-order valence-electron chi connectivity index (χ2n) is 2.94. The largest absolute Gasteiger partial charge is 0.481 e. The summed E-state index contributed by atoms with van der Waals surface area (Å²) in [5.74, 6) is -2.62. The average molecular weight is 222 g/mol. The van der Waals surface area contributed by atoms with E-state index in [4.69, 9.17) is 20.4 Å². The summed E-state index contributed by atoms with van der Waals surface area (Å²) in [6, 6.07) is 0. The first-order valence-electron chi connectivity index (χ1n) is 4.66. The van der Waals surface area contributed by atoms with E-state index in [2.05, 4.69) is 6.92 Å². The number of rotatable bonds is 6. The van der Waals surface area contributed by atoms with Crippen LogP contribution in [0.4, 0.5) is 0 Å². The van der Waals surface area contributed by atoms with E-state index in [0.717, 1.165) is 19.3 Å². The van der Waals surface area contributed by atoms with Crippen LogP contribution in [0, 0.1) is 0 Å². The number of unbranched alkanes of at least 4 members (excludes halogenated alkanes) is 1. The van der Waals surface area contributed by atoms with Crippen molar-refractivity contribution < 1.29 is 30.0 Å². The molecule has 0 amide bonds. The van der Waals surface area contributed by atoms with Crippen molar-refractivity contribution in [3.05, 3.63) is 0 Å². The Balaban J connectivity index is 0. The van der Waals surface area contributed by atoms with Crippen molar-refractivity contribution in [2.75, 3.05) is 6.61 Å². The van der Waals surface area contributed by atoms with Crippen molar-refractivity contribution in [1.82, 2.24) is 0 Å². The Morgan fingerprint density at radius 2 is 1.67 bits per heavy atom. The van der Waals surface area contributed by atoms with Gasteiger partial charge in [-0.1, -0.05) is 19.8 Å². The molecule has 90 valence electrons. The van der Waals surface area contributed by atoms with Crippen LogP contribution < -0.4 is 0 Å². The second kappa shape index (κ2) is 10.9. The number of aliphatic hydroxyl groups excluding tert-OH is 2. The molecule has 0 saturated heterocycles. The minimum atomic E-state index is -1.31. The molecule has 0 aromatic rings. The summed E-state index contributed by atoms with van der Waals surface area (Å²) in [5, 5.41) is 32.5. The maximum atomic E-state index is 9.43. The van der Waals surface area contributed by atoms with Crippen LogP contribution >= 0.6 is 0 Å². The number of carbonyl (C=O) groups is 2. The minimum absolute atomic E-state index is 0.0972. The van der Waals surface area contributed by atoms with Gasteiger partial charge in [0.15, 0.2) is 0 Å². The highest BCUT2D eigenvalue weighted by atomic mass is 16.4. The molecule has 0 fully saturated rings. The van der Waals surface area contributed by atoms with Crippen molar-refractivity contribution in [3.8, 4) is 0 Å². The molecule has 0 aromatic carbocycles. The summed E-state index contributed by atoms with van der Waals surface area (Å²) in [4.78, 5) is 18.9. The van der Waals surface area contributed by atoms with E-state index >= 15 is 0 Å². The first-order chi connectivity index (χ1) is 6.93. The predicted molar refractivity (Wildman–Crippen MR) is 52.5 cm³/mol. The molecule has 0 aromatic heterocycles. The summed E-state index contributed by atoms with van der Waals surface area (Å²) >= 11 is 0. The lowest BCUT2D eigenvalue weighted by Gasteiger charge is -2.02. The molecule has 6 heteroatoms. The summed E-state index contributed by atoms with van der Waals surface area (Å²) in [5.41, 5.74) is 0. The molecule has 0 bridgehead atoms. The van der Waals surface area contributed by atoms with Gasteiger partial charge in [0, 0.05) is 0 Å². The van der Waals surface area contributed by atoms with E-state index in [1.54, 1.807) is 0 Å². The Labute approximate surface area is 88.2 Å². The van der Waals surface area contributed by atoms with E-state index in [0.29, 0.717) is 0 Å². The third kappa shape index (κ3) is 19.3. The van der Waals surface area contributed by atoms with Gasteiger partial charge in [0.1, 0.15) is 6.42 Å². The van der Waals surface area contributed by atoms with Gasteiger partial charge in [-0.3, -0.25) is 9.59 Å². The number of carboxylic acids is 2. The maximum Gasteiger partial charge on any atom is 0.314 e. The van der Waals surface area contributed by atoms with Crippen LogP contribution in [-0.2, 0) is 9.59 Å². The monoisotopic (exact) mass is 222 g/mol. The van der Waals surface area contributed by atoms with Gasteiger partial charge in [-0.25, -0.2) is 0 Å². The average Bonchev–Trinajstić information content (AvgIpc) is 2.12. The normalized spacial score (nSPS) is 11.1. The van der Waals surface area contributed by atoms with Gasteiger partial charge >= 0.3 is 11.9 Å². The molecular formula is C9H18O6. The Bertz CT molecular complexity index is 167. The molecule has 0 saturated carbocycles. The number of aliphatic hydroxyl groups is 2. The highest BCUT2D eigenvalue weighted by Crippen LogP contribution is 1.97. The van der Waals surface area contributed by atoms with Gasteiger partial charge < -0.3 is 20.4 Å². The third-order valence-corrected chi connectivity index (χ3v) is 1.40. The van der Waals surface area contributed by atoms with Gasteiger partial charge in [-0.15, -0.1) is 0 Å². The zero-order chi connectivity index (χ0) is 12.3. The Morgan fingerprint density at radius 1 is 1.20 bits per heavy atom. The molecule has 0 rings (SSSR count). The van der Waals surface area contributed by atoms with Gasteiger partial charge in [0.25, 0.3) is 0 Å². The Kier molecular flexibility index (Phi) is 11.9. The number of carboxylic acid groups (broad SMARTS) is 2. The molecule has 1 unspecified atom stereocenters. The zero-order valence-corrected chi connectivity index (χ0v) is 8.72. The van der Waals surface area contributed by atoms with E-state index in [-0.39, 0.29) is 6.61 Å². The van der Waals surface area contributed by atoms with E-state index < -0.39 is 24.5 Å².